The minimum Gasteiger partial charge on any atom is -0.456 e. The van der Waals surface area contributed by atoms with E-state index in [4.69, 9.17) is 24.4 Å². The smallest absolute Gasteiger partial charge is 0.164 e. The summed E-state index contributed by atoms with van der Waals surface area (Å²) in [5.41, 5.74) is 8.13. The Kier molecular flexibility index (Phi) is 6.74. The number of benzene rings is 7. The van der Waals surface area contributed by atoms with Gasteiger partial charge in [-0.25, -0.2) is 19.9 Å². The molecular formula is C46H28N4O. The van der Waals surface area contributed by atoms with Crippen molar-refractivity contribution in [3.63, 3.8) is 0 Å². The van der Waals surface area contributed by atoms with Crippen molar-refractivity contribution in [2.45, 2.75) is 0 Å². The number of furan rings is 1. The fourth-order valence-electron chi connectivity index (χ4n) is 6.90. The van der Waals surface area contributed by atoms with Crippen LogP contribution in [0.15, 0.2) is 174 Å². The number of pyridine rings is 1. The Morgan fingerprint density at radius 2 is 0.824 bits per heavy atom. The maximum Gasteiger partial charge on any atom is 0.164 e. The molecule has 0 atom stereocenters. The van der Waals surface area contributed by atoms with Crippen LogP contribution >= 0.6 is 0 Å². The fraction of sp³-hybridized carbons (Fsp3) is 0. The lowest BCUT2D eigenvalue weighted by Crippen LogP contribution is -2.00. The number of hydrogen-bond donors (Lipinski definition) is 0. The molecule has 0 bridgehead atoms. The molecule has 0 spiro atoms. The second kappa shape index (κ2) is 11.9. The van der Waals surface area contributed by atoms with Gasteiger partial charge in [0.1, 0.15) is 11.2 Å². The zero-order valence-electron chi connectivity index (χ0n) is 27.4. The van der Waals surface area contributed by atoms with Gasteiger partial charge in [-0.3, -0.25) is 0 Å². The lowest BCUT2D eigenvalue weighted by molar-refractivity contribution is 0.669. The second-order valence-corrected chi connectivity index (χ2v) is 12.7. The Morgan fingerprint density at radius 3 is 1.45 bits per heavy atom. The SMILES string of the molecule is c1ccc(-c2nc(-c3ccccc3)nc(-c3ccc(-c4nc(-c5ccc6ccccc6c5)cc5oc6cc7ccccc7cc6c45)cc3)n2)cc1. The molecule has 7 aromatic carbocycles. The van der Waals surface area contributed by atoms with Crippen LogP contribution in [0.25, 0.3) is 100 Å². The van der Waals surface area contributed by atoms with Crippen LogP contribution in [0.3, 0.4) is 0 Å². The predicted molar refractivity (Wildman–Crippen MR) is 207 cm³/mol. The molecule has 5 heteroatoms. The van der Waals surface area contributed by atoms with Crippen LogP contribution in [-0.2, 0) is 0 Å². The normalized spacial score (nSPS) is 11.5. The van der Waals surface area contributed by atoms with E-state index in [0.717, 1.165) is 71.9 Å². The lowest BCUT2D eigenvalue weighted by atomic mass is 9.99. The van der Waals surface area contributed by atoms with Gasteiger partial charge in [0.25, 0.3) is 0 Å². The van der Waals surface area contributed by atoms with Gasteiger partial charge in [-0.15, -0.1) is 0 Å². The molecule has 3 aromatic heterocycles. The lowest BCUT2D eigenvalue weighted by Gasteiger charge is -2.10. The molecular weight excluding hydrogens is 625 g/mol. The number of hydrogen-bond acceptors (Lipinski definition) is 5. The standard InChI is InChI=1S/C46H28N4O/c1-3-12-31(13-4-1)44-48-45(32-14-5-2-6-15-32)50-46(49-44)33-22-20-30(21-23-33)43-42-38-26-35-17-9-10-18-36(35)27-40(38)51-41(42)28-39(47-43)37-24-19-29-11-7-8-16-34(29)25-37/h1-28H. The number of aromatic nitrogens is 4. The van der Waals surface area contributed by atoms with Gasteiger partial charge >= 0.3 is 0 Å². The van der Waals surface area contributed by atoms with Gasteiger partial charge in [-0.05, 0) is 39.7 Å². The zero-order valence-corrected chi connectivity index (χ0v) is 27.4. The summed E-state index contributed by atoms with van der Waals surface area (Å²) in [6, 6.07) is 58.1. The van der Waals surface area contributed by atoms with E-state index in [-0.39, 0.29) is 0 Å². The van der Waals surface area contributed by atoms with E-state index in [1.807, 2.05) is 60.7 Å². The van der Waals surface area contributed by atoms with E-state index >= 15 is 0 Å². The quantitative estimate of drug-likeness (QED) is 0.185. The van der Waals surface area contributed by atoms with Gasteiger partial charge in [0.2, 0.25) is 0 Å². The Balaban J connectivity index is 1.15. The summed E-state index contributed by atoms with van der Waals surface area (Å²) in [5.74, 6) is 1.87. The number of rotatable bonds is 5. The van der Waals surface area contributed by atoms with Crippen LogP contribution < -0.4 is 0 Å². The molecule has 0 amide bonds. The first-order chi connectivity index (χ1) is 25.2. The molecule has 0 unspecified atom stereocenters. The Bertz CT molecular complexity index is 2840. The first-order valence-corrected chi connectivity index (χ1v) is 17.0. The largest absolute Gasteiger partial charge is 0.456 e. The molecule has 51 heavy (non-hydrogen) atoms. The molecule has 238 valence electrons. The van der Waals surface area contributed by atoms with Crippen LogP contribution in [0.4, 0.5) is 0 Å². The summed E-state index contributed by atoms with van der Waals surface area (Å²) in [7, 11) is 0. The topological polar surface area (TPSA) is 64.7 Å². The first kappa shape index (κ1) is 29.0. The van der Waals surface area contributed by atoms with E-state index in [1.165, 1.54) is 10.8 Å². The van der Waals surface area contributed by atoms with Crippen molar-refractivity contribution in [2.75, 3.05) is 0 Å². The molecule has 0 saturated carbocycles. The highest BCUT2D eigenvalue weighted by molar-refractivity contribution is 6.15. The zero-order chi connectivity index (χ0) is 33.7. The average Bonchev–Trinajstić information content (AvgIpc) is 3.57. The Morgan fingerprint density at radius 1 is 0.333 bits per heavy atom. The number of nitrogens with zero attached hydrogens (tertiary/aromatic N) is 4. The summed E-state index contributed by atoms with van der Waals surface area (Å²) in [6.07, 6.45) is 0. The number of fused-ring (bicyclic) bond motifs is 5. The molecule has 0 fully saturated rings. The van der Waals surface area contributed by atoms with Gasteiger partial charge in [-0.2, -0.15) is 0 Å². The fourth-order valence-corrected chi connectivity index (χ4v) is 6.90. The highest BCUT2D eigenvalue weighted by Gasteiger charge is 2.19. The predicted octanol–water partition coefficient (Wildman–Crippen LogP) is 11.8. The summed E-state index contributed by atoms with van der Waals surface area (Å²) < 4.78 is 6.61. The Labute approximate surface area is 293 Å². The molecule has 10 aromatic rings. The van der Waals surface area contributed by atoms with E-state index in [1.54, 1.807) is 0 Å². The van der Waals surface area contributed by atoms with E-state index in [0.29, 0.717) is 17.5 Å². The van der Waals surface area contributed by atoms with Crippen molar-refractivity contribution in [1.82, 2.24) is 19.9 Å². The van der Waals surface area contributed by atoms with Crippen molar-refractivity contribution >= 4 is 43.5 Å². The van der Waals surface area contributed by atoms with Gasteiger partial charge in [-0.1, -0.05) is 146 Å². The third-order valence-corrected chi connectivity index (χ3v) is 9.48. The molecule has 0 radical (unpaired) electrons. The second-order valence-electron chi connectivity index (χ2n) is 12.7. The molecule has 0 saturated heterocycles. The highest BCUT2D eigenvalue weighted by Crippen LogP contribution is 2.40. The van der Waals surface area contributed by atoms with Crippen LogP contribution in [-0.4, -0.2) is 19.9 Å². The van der Waals surface area contributed by atoms with Crippen LogP contribution in [0.5, 0.6) is 0 Å². The van der Waals surface area contributed by atoms with Crippen LogP contribution in [0, 0.1) is 0 Å². The van der Waals surface area contributed by atoms with Gasteiger partial charge < -0.3 is 4.42 Å². The van der Waals surface area contributed by atoms with Gasteiger partial charge in [0.15, 0.2) is 17.5 Å². The summed E-state index contributed by atoms with van der Waals surface area (Å²) in [6.45, 7) is 0. The van der Waals surface area contributed by atoms with Crippen molar-refractivity contribution < 1.29 is 4.42 Å². The van der Waals surface area contributed by atoms with Crippen molar-refractivity contribution in [1.29, 1.82) is 0 Å². The van der Waals surface area contributed by atoms with E-state index in [2.05, 4.69) is 109 Å². The molecule has 0 N–H and O–H groups in total. The minimum absolute atomic E-state index is 0.609. The van der Waals surface area contributed by atoms with Crippen LogP contribution in [0.2, 0.25) is 0 Å². The van der Waals surface area contributed by atoms with Gasteiger partial charge in [0.05, 0.1) is 16.8 Å². The van der Waals surface area contributed by atoms with Gasteiger partial charge in [0, 0.05) is 39.3 Å². The molecule has 3 heterocycles. The highest BCUT2D eigenvalue weighted by atomic mass is 16.3. The minimum atomic E-state index is 0.609. The van der Waals surface area contributed by atoms with Crippen LogP contribution in [0.1, 0.15) is 0 Å². The third kappa shape index (κ3) is 5.20. The summed E-state index contributed by atoms with van der Waals surface area (Å²) in [5, 5.41) is 6.69. The van der Waals surface area contributed by atoms with Crippen molar-refractivity contribution in [2.24, 2.45) is 0 Å². The maximum atomic E-state index is 6.61. The third-order valence-electron chi connectivity index (χ3n) is 9.48. The summed E-state index contributed by atoms with van der Waals surface area (Å²) >= 11 is 0. The maximum absolute atomic E-state index is 6.61. The monoisotopic (exact) mass is 652 g/mol. The molecule has 5 nitrogen and oxygen atoms in total. The van der Waals surface area contributed by atoms with Crippen molar-refractivity contribution in [3.8, 4) is 56.7 Å². The van der Waals surface area contributed by atoms with E-state index < -0.39 is 0 Å². The molecule has 10 rings (SSSR count). The van der Waals surface area contributed by atoms with E-state index in [9.17, 15) is 0 Å². The van der Waals surface area contributed by atoms with Crippen molar-refractivity contribution in [3.05, 3.63) is 170 Å². The molecule has 0 aliphatic carbocycles. The molecule has 0 aliphatic rings. The Hall–Kier alpha value is -6.98. The first-order valence-electron chi connectivity index (χ1n) is 17.0. The molecule has 0 aliphatic heterocycles. The average molecular weight is 653 g/mol. The summed E-state index contributed by atoms with van der Waals surface area (Å²) in [4.78, 5) is 20.1.